The third-order valence-corrected chi connectivity index (χ3v) is 4.04. The maximum atomic E-state index is 12.1. The van der Waals surface area contributed by atoms with Crippen LogP contribution >= 0.6 is 0 Å². The maximum Gasteiger partial charge on any atom is 0.312 e. The largest absolute Gasteiger partial charge is 0.334 e. The van der Waals surface area contributed by atoms with E-state index in [0.29, 0.717) is 24.9 Å². The summed E-state index contributed by atoms with van der Waals surface area (Å²) in [7, 11) is 0. The first kappa shape index (κ1) is 13.3. The van der Waals surface area contributed by atoms with Crippen molar-refractivity contribution in [3.05, 3.63) is 0 Å². The average molecular weight is 253 g/mol. The van der Waals surface area contributed by atoms with Crippen LogP contribution < -0.4 is 5.32 Å². The van der Waals surface area contributed by atoms with Gasteiger partial charge in [0, 0.05) is 39.3 Å². The van der Waals surface area contributed by atoms with E-state index in [2.05, 4.69) is 19.2 Å². The Morgan fingerprint density at radius 3 is 2.22 bits per heavy atom. The zero-order valence-electron chi connectivity index (χ0n) is 11.3. The molecular weight excluding hydrogens is 230 g/mol. The minimum absolute atomic E-state index is 0.306. The third-order valence-electron chi connectivity index (χ3n) is 4.04. The lowest BCUT2D eigenvalue weighted by atomic mass is 9.95. The second kappa shape index (κ2) is 5.69. The summed E-state index contributed by atoms with van der Waals surface area (Å²) < 4.78 is 0. The second-order valence-electron chi connectivity index (χ2n) is 5.59. The van der Waals surface area contributed by atoms with E-state index in [4.69, 9.17) is 0 Å². The van der Waals surface area contributed by atoms with Gasteiger partial charge in [0.25, 0.3) is 0 Å². The molecule has 5 nitrogen and oxygen atoms in total. The van der Waals surface area contributed by atoms with Gasteiger partial charge in [-0.15, -0.1) is 0 Å². The van der Waals surface area contributed by atoms with Crippen molar-refractivity contribution in [3.8, 4) is 0 Å². The molecule has 1 N–H and O–H groups in total. The highest BCUT2D eigenvalue weighted by Crippen LogP contribution is 2.23. The second-order valence-corrected chi connectivity index (χ2v) is 5.59. The third kappa shape index (κ3) is 2.83. The molecule has 0 aromatic rings. The summed E-state index contributed by atoms with van der Waals surface area (Å²) in [4.78, 5) is 27.6. The summed E-state index contributed by atoms with van der Waals surface area (Å²) >= 11 is 0. The molecule has 102 valence electrons. The number of hydrogen-bond donors (Lipinski definition) is 1. The zero-order valence-corrected chi connectivity index (χ0v) is 11.3. The topological polar surface area (TPSA) is 52.7 Å². The molecule has 0 aromatic heterocycles. The zero-order chi connectivity index (χ0) is 13.1. The van der Waals surface area contributed by atoms with Crippen molar-refractivity contribution >= 4 is 11.8 Å². The molecular formula is C13H23N3O2. The fraction of sp³-hybridized carbons (Fsp3) is 0.846. The van der Waals surface area contributed by atoms with Gasteiger partial charge in [0.15, 0.2) is 0 Å². The van der Waals surface area contributed by atoms with Gasteiger partial charge >= 0.3 is 11.8 Å². The van der Waals surface area contributed by atoms with Crippen LogP contribution in [-0.2, 0) is 9.59 Å². The monoisotopic (exact) mass is 253 g/mol. The molecule has 0 bridgehead atoms. The lowest BCUT2D eigenvalue weighted by Crippen LogP contribution is -2.51. The molecule has 2 aliphatic heterocycles. The van der Waals surface area contributed by atoms with Crippen molar-refractivity contribution in [2.24, 2.45) is 11.8 Å². The summed E-state index contributed by atoms with van der Waals surface area (Å²) in [5, 5.41) is 3.18. The van der Waals surface area contributed by atoms with Crippen LogP contribution in [0, 0.1) is 11.8 Å². The summed E-state index contributed by atoms with van der Waals surface area (Å²) in [6, 6.07) is 0. The molecule has 18 heavy (non-hydrogen) atoms. The van der Waals surface area contributed by atoms with Crippen molar-refractivity contribution < 1.29 is 9.59 Å². The Morgan fingerprint density at radius 2 is 1.67 bits per heavy atom. The Kier molecular flexibility index (Phi) is 4.22. The molecule has 1 unspecified atom stereocenters. The van der Waals surface area contributed by atoms with Crippen molar-refractivity contribution in [1.82, 2.24) is 15.1 Å². The summed E-state index contributed by atoms with van der Waals surface area (Å²) in [6.07, 6.45) is 1.03. The fourth-order valence-corrected chi connectivity index (χ4v) is 2.65. The van der Waals surface area contributed by atoms with Crippen LogP contribution in [0.4, 0.5) is 0 Å². The van der Waals surface area contributed by atoms with E-state index >= 15 is 0 Å². The van der Waals surface area contributed by atoms with E-state index in [1.54, 1.807) is 9.80 Å². The van der Waals surface area contributed by atoms with Gasteiger partial charge in [-0.3, -0.25) is 9.59 Å². The first-order valence-corrected chi connectivity index (χ1v) is 6.88. The van der Waals surface area contributed by atoms with Crippen LogP contribution in [0.5, 0.6) is 0 Å². The fourth-order valence-electron chi connectivity index (χ4n) is 2.65. The van der Waals surface area contributed by atoms with Gasteiger partial charge in [-0.2, -0.15) is 0 Å². The molecule has 1 atom stereocenters. The molecule has 2 saturated heterocycles. The Hall–Kier alpha value is -1.10. The van der Waals surface area contributed by atoms with Gasteiger partial charge in [-0.05, 0) is 18.3 Å². The summed E-state index contributed by atoms with van der Waals surface area (Å²) in [5.41, 5.74) is 0. The standard InChI is InChI=1S/C13H23N3O2/c1-10(2)11-3-6-16(9-11)13(18)12(17)15-7-4-14-5-8-15/h10-11,14H,3-9H2,1-2H3. The first-order valence-electron chi connectivity index (χ1n) is 6.88. The van der Waals surface area contributed by atoms with Gasteiger partial charge in [-0.25, -0.2) is 0 Å². The lowest BCUT2D eigenvalue weighted by Gasteiger charge is -2.28. The minimum Gasteiger partial charge on any atom is -0.334 e. The van der Waals surface area contributed by atoms with E-state index < -0.39 is 0 Å². The number of carbonyl (C=O) groups is 2. The van der Waals surface area contributed by atoms with Crippen molar-refractivity contribution in [2.45, 2.75) is 20.3 Å². The van der Waals surface area contributed by atoms with Crippen LogP contribution in [0.25, 0.3) is 0 Å². The smallest absolute Gasteiger partial charge is 0.312 e. The molecule has 5 heteroatoms. The highest BCUT2D eigenvalue weighted by Gasteiger charge is 2.33. The lowest BCUT2D eigenvalue weighted by molar-refractivity contribution is -0.151. The number of likely N-dealkylation sites (tertiary alicyclic amines) is 1. The van der Waals surface area contributed by atoms with Crippen LogP contribution in [0.15, 0.2) is 0 Å². The molecule has 0 radical (unpaired) electrons. The van der Waals surface area contributed by atoms with Crippen molar-refractivity contribution in [1.29, 1.82) is 0 Å². The summed E-state index contributed by atoms with van der Waals surface area (Å²) in [6.45, 7) is 8.70. The molecule has 2 fully saturated rings. The molecule has 2 rings (SSSR count). The van der Waals surface area contributed by atoms with Gasteiger partial charge < -0.3 is 15.1 Å². The number of nitrogens with zero attached hydrogens (tertiary/aromatic N) is 2. The number of amides is 2. The highest BCUT2D eigenvalue weighted by molar-refractivity contribution is 6.35. The molecule has 0 saturated carbocycles. The van der Waals surface area contributed by atoms with Gasteiger partial charge in [0.2, 0.25) is 0 Å². The van der Waals surface area contributed by atoms with Crippen molar-refractivity contribution in [2.75, 3.05) is 39.3 Å². The number of piperazine rings is 1. The number of rotatable bonds is 1. The van der Waals surface area contributed by atoms with E-state index in [-0.39, 0.29) is 11.8 Å². The molecule has 0 aliphatic carbocycles. The summed E-state index contributed by atoms with van der Waals surface area (Å²) in [5.74, 6) is 0.503. The van der Waals surface area contributed by atoms with Crippen LogP contribution in [0.1, 0.15) is 20.3 Å². The highest BCUT2D eigenvalue weighted by atomic mass is 16.2. The van der Waals surface area contributed by atoms with Crippen LogP contribution in [0.3, 0.4) is 0 Å². The Bertz CT molecular complexity index is 324. The van der Waals surface area contributed by atoms with Gasteiger partial charge in [0.1, 0.15) is 0 Å². The normalized spacial score (nSPS) is 24.7. The minimum atomic E-state index is -0.319. The SMILES string of the molecule is CC(C)C1CCN(C(=O)C(=O)N2CCNCC2)C1. The Labute approximate surface area is 108 Å². The predicted molar refractivity (Wildman–Crippen MR) is 69.0 cm³/mol. The number of nitrogens with one attached hydrogen (secondary N) is 1. The van der Waals surface area contributed by atoms with Crippen molar-refractivity contribution in [3.63, 3.8) is 0 Å². The average Bonchev–Trinajstić information content (AvgIpc) is 2.88. The molecule has 2 amide bonds. The molecule has 2 aliphatic rings. The Balaban J connectivity index is 1.89. The van der Waals surface area contributed by atoms with Crippen LogP contribution in [0.2, 0.25) is 0 Å². The van der Waals surface area contributed by atoms with Gasteiger partial charge in [-0.1, -0.05) is 13.8 Å². The number of hydrogen-bond acceptors (Lipinski definition) is 3. The van der Waals surface area contributed by atoms with E-state index in [9.17, 15) is 9.59 Å². The molecule has 0 spiro atoms. The van der Waals surface area contributed by atoms with Gasteiger partial charge in [0.05, 0.1) is 0 Å². The van der Waals surface area contributed by atoms with Crippen LogP contribution in [-0.4, -0.2) is 60.9 Å². The van der Waals surface area contributed by atoms with E-state index in [0.717, 1.165) is 32.6 Å². The molecule has 2 heterocycles. The maximum absolute atomic E-state index is 12.1. The Morgan fingerprint density at radius 1 is 1.06 bits per heavy atom. The quantitative estimate of drug-likeness (QED) is 0.665. The number of carbonyl (C=O) groups excluding carboxylic acids is 2. The van der Waals surface area contributed by atoms with E-state index in [1.165, 1.54) is 0 Å². The predicted octanol–water partition coefficient (Wildman–Crippen LogP) is -0.0773. The molecule has 0 aromatic carbocycles. The van der Waals surface area contributed by atoms with E-state index in [1.807, 2.05) is 0 Å². The first-order chi connectivity index (χ1) is 8.59.